The molecule has 0 radical (unpaired) electrons. The van der Waals surface area contributed by atoms with Gasteiger partial charge in [0.2, 0.25) is 21.8 Å². The lowest BCUT2D eigenvalue weighted by Crippen LogP contribution is -2.54. The summed E-state index contributed by atoms with van der Waals surface area (Å²) in [7, 11) is -3.88. The lowest BCUT2D eigenvalue weighted by Gasteiger charge is -2.33. The SMILES string of the molecule is Cc1cccc(CN(C(=O)CN(c2ccc(Cl)cc2Cl)S(C)(=O)=O)C(C)C(=O)NC(C)(C)C)c1. The molecule has 1 unspecified atom stereocenters. The average Bonchev–Trinajstić information content (AvgIpc) is 2.68. The van der Waals surface area contributed by atoms with E-state index in [-0.39, 0.29) is 23.2 Å². The quantitative estimate of drug-likeness (QED) is 0.551. The van der Waals surface area contributed by atoms with Gasteiger partial charge in [-0.2, -0.15) is 0 Å². The minimum Gasteiger partial charge on any atom is -0.350 e. The number of hydrogen-bond acceptors (Lipinski definition) is 4. The molecule has 0 heterocycles. The second-order valence-electron chi connectivity index (χ2n) is 9.29. The van der Waals surface area contributed by atoms with Crippen molar-refractivity contribution in [1.29, 1.82) is 0 Å². The van der Waals surface area contributed by atoms with Crippen LogP contribution in [0.3, 0.4) is 0 Å². The molecule has 1 atom stereocenters. The van der Waals surface area contributed by atoms with Gasteiger partial charge in [-0.25, -0.2) is 8.42 Å². The highest BCUT2D eigenvalue weighted by Crippen LogP contribution is 2.30. The molecule has 0 bridgehead atoms. The molecule has 0 aromatic heterocycles. The Hall–Kier alpha value is -2.29. The van der Waals surface area contributed by atoms with Crippen molar-refractivity contribution in [3.05, 3.63) is 63.6 Å². The average molecular weight is 529 g/mol. The normalized spacial score (nSPS) is 12.7. The molecule has 2 aromatic carbocycles. The Balaban J connectivity index is 2.44. The highest BCUT2D eigenvalue weighted by atomic mass is 35.5. The zero-order valence-corrected chi connectivity index (χ0v) is 22.6. The highest BCUT2D eigenvalue weighted by Gasteiger charge is 2.32. The number of hydrogen-bond donors (Lipinski definition) is 1. The van der Waals surface area contributed by atoms with E-state index >= 15 is 0 Å². The molecule has 2 rings (SSSR count). The molecule has 2 amide bonds. The minimum absolute atomic E-state index is 0.0921. The maximum Gasteiger partial charge on any atom is 0.244 e. The third-order valence-electron chi connectivity index (χ3n) is 4.96. The summed E-state index contributed by atoms with van der Waals surface area (Å²) in [5, 5.41) is 3.31. The fraction of sp³-hybridized carbons (Fsp3) is 0.417. The first-order valence-corrected chi connectivity index (χ1v) is 13.3. The van der Waals surface area contributed by atoms with E-state index in [0.29, 0.717) is 5.02 Å². The van der Waals surface area contributed by atoms with Crippen LogP contribution in [0.1, 0.15) is 38.8 Å². The maximum atomic E-state index is 13.5. The molecule has 0 aliphatic carbocycles. The van der Waals surface area contributed by atoms with Crippen molar-refractivity contribution in [2.75, 3.05) is 17.1 Å². The van der Waals surface area contributed by atoms with Gasteiger partial charge < -0.3 is 10.2 Å². The van der Waals surface area contributed by atoms with Crippen LogP contribution in [0.5, 0.6) is 0 Å². The van der Waals surface area contributed by atoms with Gasteiger partial charge in [-0.05, 0) is 58.4 Å². The first kappa shape index (κ1) is 28.0. The Bertz CT molecular complexity index is 1160. The molecule has 186 valence electrons. The van der Waals surface area contributed by atoms with Crippen molar-refractivity contribution in [3.63, 3.8) is 0 Å². The summed E-state index contributed by atoms with van der Waals surface area (Å²) in [6.07, 6.45) is 0.992. The molecule has 7 nitrogen and oxygen atoms in total. The number of anilines is 1. The second kappa shape index (κ2) is 11.0. The number of benzene rings is 2. The Morgan fingerprint density at radius 2 is 1.74 bits per heavy atom. The Labute approximate surface area is 212 Å². The molecular formula is C24H31Cl2N3O4S. The van der Waals surface area contributed by atoms with Crippen LogP contribution in [0.25, 0.3) is 0 Å². The standard InChI is InChI=1S/C24H31Cl2N3O4S/c1-16-8-7-9-18(12-16)14-28(17(2)23(31)27-24(3,4)5)22(30)15-29(34(6,32)33)21-11-10-19(25)13-20(21)26/h7-13,17H,14-15H2,1-6H3,(H,27,31). The molecule has 0 aliphatic heterocycles. The van der Waals surface area contributed by atoms with Crippen LogP contribution in [0, 0.1) is 6.92 Å². The van der Waals surface area contributed by atoms with Crippen molar-refractivity contribution in [1.82, 2.24) is 10.2 Å². The van der Waals surface area contributed by atoms with Gasteiger partial charge in [-0.3, -0.25) is 13.9 Å². The van der Waals surface area contributed by atoms with Crippen LogP contribution >= 0.6 is 23.2 Å². The van der Waals surface area contributed by atoms with E-state index in [4.69, 9.17) is 23.2 Å². The lowest BCUT2D eigenvalue weighted by atomic mass is 10.1. The van der Waals surface area contributed by atoms with E-state index < -0.39 is 34.1 Å². The van der Waals surface area contributed by atoms with Gasteiger partial charge in [0, 0.05) is 17.1 Å². The fourth-order valence-electron chi connectivity index (χ4n) is 3.34. The number of aryl methyl sites for hydroxylation is 1. The Morgan fingerprint density at radius 3 is 2.26 bits per heavy atom. The van der Waals surface area contributed by atoms with Gasteiger partial charge in [0.1, 0.15) is 12.6 Å². The highest BCUT2D eigenvalue weighted by molar-refractivity contribution is 7.92. The summed E-state index contributed by atoms with van der Waals surface area (Å²) in [4.78, 5) is 27.8. The van der Waals surface area contributed by atoms with E-state index in [0.717, 1.165) is 21.7 Å². The third kappa shape index (κ3) is 7.89. The molecule has 0 spiro atoms. The summed E-state index contributed by atoms with van der Waals surface area (Å²) < 4.78 is 26.1. The summed E-state index contributed by atoms with van der Waals surface area (Å²) >= 11 is 12.2. The van der Waals surface area contributed by atoms with Gasteiger partial charge in [0.25, 0.3) is 0 Å². The van der Waals surface area contributed by atoms with Crippen LogP contribution in [0.15, 0.2) is 42.5 Å². The van der Waals surface area contributed by atoms with Crippen LogP contribution < -0.4 is 9.62 Å². The van der Waals surface area contributed by atoms with Crippen molar-refractivity contribution < 1.29 is 18.0 Å². The van der Waals surface area contributed by atoms with Crippen molar-refractivity contribution in [2.45, 2.75) is 52.7 Å². The minimum atomic E-state index is -3.88. The summed E-state index contributed by atoms with van der Waals surface area (Å²) in [6.45, 7) is 8.69. The number of amides is 2. The molecule has 34 heavy (non-hydrogen) atoms. The number of carbonyl (C=O) groups is 2. The van der Waals surface area contributed by atoms with Gasteiger partial charge in [-0.1, -0.05) is 53.0 Å². The molecule has 0 saturated heterocycles. The second-order valence-corrected chi connectivity index (χ2v) is 12.0. The van der Waals surface area contributed by atoms with Gasteiger partial charge >= 0.3 is 0 Å². The van der Waals surface area contributed by atoms with E-state index in [9.17, 15) is 18.0 Å². The molecule has 2 aromatic rings. The fourth-order valence-corrected chi connectivity index (χ4v) is 4.76. The number of carbonyl (C=O) groups excluding carboxylic acids is 2. The largest absolute Gasteiger partial charge is 0.350 e. The zero-order chi connectivity index (χ0) is 25.8. The van der Waals surface area contributed by atoms with E-state index in [1.165, 1.54) is 23.1 Å². The van der Waals surface area contributed by atoms with E-state index in [2.05, 4.69) is 5.32 Å². The predicted molar refractivity (Wildman–Crippen MR) is 138 cm³/mol. The first-order chi connectivity index (χ1) is 15.6. The smallest absolute Gasteiger partial charge is 0.244 e. The number of halogens is 2. The van der Waals surface area contributed by atoms with E-state index in [1.54, 1.807) is 6.92 Å². The predicted octanol–water partition coefficient (Wildman–Crippen LogP) is 4.40. The van der Waals surface area contributed by atoms with Crippen LogP contribution in [0.2, 0.25) is 10.0 Å². The molecule has 0 aliphatic rings. The first-order valence-electron chi connectivity index (χ1n) is 10.7. The van der Waals surface area contributed by atoms with Crippen molar-refractivity contribution >= 4 is 50.7 Å². The van der Waals surface area contributed by atoms with Gasteiger partial charge in [0.05, 0.1) is 17.0 Å². The summed E-state index contributed by atoms with van der Waals surface area (Å²) in [5.41, 5.74) is 1.45. The topological polar surface area (TPSA) is 86.8 Å². The van der Waals surface area contributed by atoms with Gasteiger partial charge in [-0.15, -0.1) is 0 Å². The van der Waals surface area contributed by atoms with Crippen LogP contribution in [-0.2, 0) is 26.2 Å². The number of sulfonamides is 1. The lowest BCUT2D eigenvalue weighted by molar-refractivity contribution is -0.140. The van der Waals surface area contributed by atoms with Crippen LogP contribution in [0.4, 0.5) is 5.69 Å². The Morgan fingerprint density at radius 1 is 1.09 bits per heavy atom. The number of nitrogens with zero attached hydrogens (tertiary/aromatic N) is 2. The molecule has 1 N–H and O–H groups in total. The Kier molecular flexibility index (Phi) is 9.02. The van der Waals surface area contributed by atoms with Crippen molar-refractivity contribution in [2.24, 2.45) is 0 Å². The third-order valence-corrected chi connectivity index (χ3v) is 6.62. The van der Waals surface area contributed by atoms with E-state index in [1.807, 2.05) is 52.0 Å². The van der Waals surface area contributed by atoms with Crippen molar-refractivity contribution in [3.8, 4) is 0 Å². The summed E-state index contributed by atoms with van der Waals surface area (Å²) in [6, 6.07) is 11.1. The monoisotopic (exact) mass is 527 g/mol. The number of rotatable bonds is 8. The molecule has 10 heteroatoms. The molecular weight excluding hydrogens is 497 g/mol. The van der Waals surface area contributed by atoms with Crippen LogP contribution in [-0.4, -0.2) is 49.5 Å². The summed E-state index contributed by atoms with van der Waals surface area (Å²) in [5.74, 6) is -0.890. The molecule has 0 saturated carbocycles. The maximum absolute atomic E-state index is 13.5. The van der Waals surface area contributed by atoms with Gasteiger partial charge in [0.15, 0.2) is 0 Å². The zero-order valence-electron chi connectivity index (χ0n) is 20.2. The number of nitrogens with one attached hydrogen (secondary N) is 1. The molecule has 0 fully saturated rings.